The molecule has 0 saturated carbocycles. The van der Waals surface area contributed by atoms with Gasteiger partial charge in [-0.05, 0) is 18.6 Å². The molecule has 0 fully saturated rings. The second kappa shape index (κ2) is 3.22. The van der Waals surface area contributed by atoms with Crippen molar-refractivity contribution in [3.05, 3.63) is 47.0 Å². The highest BCUT2D eigenvalue weighted by molar-refractivity contribution is 6.25. The van der Waals surface area contributed by atoms with Crippen molar-refractivity contribution in [1.82, 2.24) is 0 Å². The summed E-state index contributed by atoms with van der Waals surface area (Å²) in [6.45, 7) is 1.82. The van der Waals surface area contributed by atoms with Crippen molar-refractivity contribution in [1.29, 1.82) is 0 Å². The molecule has 2 nitrogen and oxygen atoms in total. The monoisotopic (exact) mass is 185 g/mol. The van der Waals surface area contributed by atoms with Gasteiger partial charge in [-0.3, -0.25) is 9.79 Å². The van der Waals surface area contributed by atoms with E-state index in [1.54, 1.807) is 7.05 Å². The standard InChI is InChI=1S/C12H11NO/c1-8-7-11(13-2)9-5-3-4-6-10(9)12(8)14/h3-7H,1-2H3. The number of aliphatic imine (C=N–C) groups is 1. The van der Waals surface area contributed by atoms with Gasteiger partial charge in [0, 0.05) is 18.2 Å². The van der Waals surface area contributed by atoms with Crippen molar-refractivity contribution >= 4 is 11.5 Å². The molecule has 0 aromatic heterocycles. The molecule has 14 heavy (non-hydrogen) atoms. The van der Waals surface area contributed by atoms with Crippen LogP contribution in [0.25, 0.3) is 0 Å². The molecule has 0 radical (unpaired) electrons. The van der Waals surface area contributed by atoms with Gasteiger partial charge in [-0.1, -0.05) is 24.3 Å². The van der Waals surface area contributed by atoms with Crippen molar-refractivity contribution in [2.24, 2.45) is 4.99 Å². The Labute approximate surface area is 83.0 Å². The molecule has 0 spiro atoms. The zero-order chi connectivity index (χ0) is 10.1. The van der Waals surface area contributed by atoms with Gasteiger partial charge in [0.15, 0.2) is 5.78 Å². The SMILES string of the molecule is CN=C1C=C(C)C(=O)c2ccccc21. The molecule has 1 aliphatic rings. The van der Waals surface area contributed by atoms with E-state index in [9.17, 15) is 4.79 Å². The Hall–Kier alpha value is -1.70. The summed E-state index contributed by atoms with van der Waals surface area (Å²) in [4.78, 5) is 15.9. The van der Waals surface area contributed by atoms with Crippen molar-refractivity contribution in [2.75, 3.05) is 7.05 Å². The first-order valence-electron chi connectivity index (χ1n) is 4.53. The van der Waals surface area contributed by atoms with E-state index in [0.29, 0.717) is 0 Å². The molecule has 2 rings (SSSR count). The minimum atomic E-state index is 0.105. The van der Waals surface area contributed by atoms with Crippen LogP contribution in [0.2, 0.25) is 0 Å². The zero-order valence-corrected chi connectivity index (χ0v) is 8.24. The largest absolute Gasteiger partial charge is 0.289 e. The Balaban J connectivity index is 2.70. The van der Waals surface area contributed by atoms with E-state index in [1.165, 1.54) is 0 Å². The van der Waals surface area contributed by atoms with E-state index in [0.717, 1.165) is 22.4 Å². The number of carbonyl (C=O) groups excluding carboxylic acids is 1. The smallest absolute Gasteiger partial charge is 0.189 e. The molecule has 1 aromatic rings. The average molecular weight is 185 g/mol. The van der Waals surface area contributed by atoms with Crippen molar-refractivity contribution in [2.45, 2.75) is 6.92 Å². The van der Waals surface area contributed by atoms with Crippen LogP contribution in [-0.2, 0) is 0 Å². The van der Waals surface area contributed by atoms with Gasteiger partial charge in [0.05, 0.1) is 5.71 Å². The van der Waals surface area contributed by atoms with Crippen LogP contribution in [0.3, 0.4) is 0 Å². The van der Waals surface area contributed by atoms with E-state index in [1.807, 2.05) is 37.3 Å². The quantitative estimate of drug-likeness (QED) is 0.609. The van der Waals surface area contributed by atoms with Crippen LogP contribution in [0.15, 0.2) is 40.9 Å². The molecule has 70 valence electrons. The molecular formula is C12H11NO. The van der Waals surface area contributed by atoms with Gasteiger partial charge in [-0.15, -0.1) is 0 Å². The fourth-order valence-corrected chi connectivity index (χ4v) is 1.65. The van der Waals surface area contributed by atoms with E-state index >= 15 is 0 Å². The van der Waals surface area contributed by atoms with E-state index in [-0.39, 0.29) is 5.78 Å². The number of carbonyl (C=O) groups is 1. The molecule has 0 heterocycles. The molecule has 0 unspecified atom stereocenters. The third kappa shape index (κ3) is 1.20. The molecule has 0 N–H and O–H groups in total. The summed E-state index contributed by atoms with van der Waals surface area (Å²) in [5.74, 6) is 0.105. The first kappa shape index (κ1) is 8.88. The summed E-state index contributed by atoms with van der Waals surface area (Å²) in [6.07, 6.45) is 1.84. The maximum absolute atomic E-state index is 11.8. The number of rotatable bonds is 0. The predicted octanol–water partition coefficient (Wildman–Crippen LogP) is 2.25. The molecule has 2 heteroatoms. The fraction of sp³-hybridized carbons (Fsp3) is 0.167. The molecule has 1 aromatic carbocycles. The summed E-state index contributed by atoms with van der Waals surface area (Å²) < 4.78 is 0. The first-order valence-corrected chi connectivity index (χ1v) is 4.53. The Bertz CT molecular complexity index is 455. The normalized spacial score (nSPS) is 18.0. The lowest BCUT2D eigenvalue weighted by Crippen LogP contribution is -2.15. The summed E-state index contributed by atoms with van der Waals surface area (Å²) in [6, 6.07) is 7.58. The Morgan fingerprint density at radius 1 is 1.14 bits per heavy atom. The lowest BCUT2D eigenvalue weighted by Gasteiger charge is -2.14. The van der Waals surface area contributed by atoms with Crippen LogP contribution in [0.5, 0.6) is 0 Å². The summed E-state index contributed by atoms with van der Waals surface area (Å²) >= 11 is 0. The Morgan fingerprint density at radius 2 is 1.79 bits per heavy atom. The molecule has 1 aliphatic carbocycles. The highest BCUT2D eigenvalue weighted by Gasteiger charge is 2.20. The number of hydrogen-bond donors (Lipinski definition) is 0. The number of allylic oxidation sites excluding steroid dienone is 2. The van der Waals surface area contributed by atoms with Gasteiger partial charge < -0.3 is 0 Å². The van der Waals surface area contributed by atoms with Gasteiger partial charge in [0.2, 0.25) is 0 Å². The summed E-state index contributed by atoms with van der Waals surface area (Å²) in [5, 5.41) is 0. The summed E-state index contributed by atoms with van der Waals surface area (Å²) in [7, 11) is 1.74. The number of nitrogens with zero attached hydrogens (tertiary/aromatic N) is 1. The van der Waals surface area contributed by atoms with Crippen LogP contribution in [0.4, 0.5) is 0 Å². The average Bonchev–Trinajstić information content (AvgIpc) is 2.23. The number of fused-ring (bicyclic) bond motifs is 1. The van der Waals surface area contributed by atoms with Crippen molar-refractivity contribution in [3.63, 3.8) is 0 Å². The van der Waals surface area contributed by atoms with Crippen LogP contribution in [0.1, 0.15) is 22.8 Å². The minimum absolute atomic E-state index is 0.105. The second-order valence-corrected chi connectivity index (χ2v) is 3.31. The summed E-state index contributed by atoms with van der Waals surface area (Å²) in [5.41, 5.74) is 3.33. The molecule has 0 amide bonds. The predicted molar refractivity (Wildman–Crippen MR) is 57.0 cm³/mol. The first-order chi connectivity index (χ1) is 6.74. The second-order valence-electron chi connectivity index (χ2n) is 3.31. The Morgan fingerprint density at radius 3 is 2.43 bits per heavy atom. The van der Waals surface area contributed by atoms with Crippen molar-refractivity contribution < 1.29 is 4.79 Å². The van der Waals surface area contributed by atoms with Gasteiger partial charge in [-0.2, -0.15) is 0 Å². The molecule has 0 atom stereocenters. The topological polar surface area (TPSA) is 29.4 Å². The van der Waals surface area contributed by atoms with E-state index < -0.39 is 0 Å². The Kier molecular flexibility index (Phi) is 2.04. The number of benzene rings is 1. The lowest BCUT2D eigenvalue weighted by atomic mass is 9.90. The third-order valence-corrected chi connectivity index (χ3v) is 2.40. The molecule has 0 aliphatic heterocycles. The van der Waals surface area contributed by atoms with Crippen LogP contribution in [-0.4, -0.2) is 18.5 Å². The van der Waals surface area contributed by atoms with Gasteiger partial charge >= 0.3 is 0 Å². The molecule has 0 bridgehead atoms. The number of ketones is 1. The van der Waals surface area contributed by atoms with Gasteiger partial charge in [0.1, 0.15) is 0 Å². The molecule has 0 saturated heterocycles. The van der Waals surface area contributed by atoms with Gasteiger partial charge in [-0.25, -0.2) is 0 Å². The zero-order valence-electron chi connectivity index (χ0n) is 8.24. The maximum Gasteiger partial charge on any atom is 0.189 e. The van der Waals surface area contributed by atoms with Crippen molar-refractivity contribution in [3.8, 4) is 0 Å². The molecular weight excluding hydrogens is 174 g/mol. The fourth-order valence-electron chi connectivity index (χ4n) is 1.65. The highest BCUT2D eigenvalue weighted by Crippen LogP contribution is 2.20. The minimum Gasteiger partial charge on any atom is -0.289 e. The van der Waals surface area contributed by atoms with Crippen LogP contribution in [0, 0.1) is 0 Å². The number of hydrogen-bond acceptors (Lipinski definition) is 2. The maximum atomic E-state index is 11.8. The van der Waals surface area contributed by atoms with E-state index in [2.05, 4.69) is 4.99 Å². The lowest BCUT2D eigenvalue weighted by molar-refractivity contribution is 0.103. The van der Waals surface area contributed by atoms with E-state index in [4.69, 9.17) is 0 Å². The van der Waals surface area contributed by atoms with Gasteiger partial charge in [0.25, 0.3) is 0 Å². The highest BCUT2D eigenvalue weighted by atomic mass is 16.1. The third-order valence-electron chi connectivity index (χ3n) is 2.40. The number of Topliss-reactive ketones (excluding diaryl/α,β-unsaturated/α-hetero) is 1. The van der Waals surface area contributed by atoms with Crippen LogP contribution < -0.4 is 0 Å². The van der Waals surface area contributed by atoms with Crippen LogP contribution >= 0.6 is 0 Å².